The number of fused-ring (bicyclic) bond motifs is 2. The Bertz CT molecular complexity index is 818. The summed E-state index contributed by atoms with van der Waals surface area (Å²) in [5, 5.41) is 0. The first-order chi connectivity index (χ1) is 11.9. The van der Waals surface area contributed by atoms with E-state index in [1.54, 1.807) is 22.3 Å². The van der Waals surface area contributed by atoms with Gasteiger partial charge in [-0.3, -0.25) is 0 Å². The van der Waals surface area contributed by atoms with E-state index in [2.05, 4.69) is 87.6 Å². The molecule has 2 aliphatic carbocycles. The van der Waals surface area contributed by atoms with Crippen LogP contribution in [0.2, 0.25) is 13.1 Å². The molecule has 0 spiro atoms. The van der Waals surface area contributed by atoms with E-state index in [0.717, 1.165) is 7.25 Å². The summed E-state index contributed by atoms with van der Waals surface area (Å²) in [7, 11) is 0. The average molecular weight is 570 g/mol. The average Bonchev–Trinajstić information content (AvgIpc) is 3.05. The van der Waals surface area contributed by atoms with Crippen LogP contribution in [0, 0.1) is 0 Å². The van der Waals surface area contributed by atoms with E-state index in [0.29, 0.717) is 0 Å². The second kappa shape index (κ2) is 9.53. The fraction of sp³-hybridized carbons (Fsp3) is 0.273. The number of rotatable bonds is 4. The quantitative estimate of drug-likeness (QED) is 0.461. The molecule has 4 rings (SSSR count). The van der Waals surface area contributed by atoms with Gasteiger partial charge >= 0.3 is 175 Å². The third kappa shape index (κ3) is 4.98. The zero-order chi connectivity index (χ0) is 17.6. The van der Waals surface area contributed by atoms with Crippen molar-refractivity contribution in [1.29, 1.82) is 0 Å². The van der Waals surface area contributed by atoms with Crippen LogP contribution in [0.5, 0.6) is 0 Å². The maximum absolute atomic E-state index is 2.74. The largest absolute Gasteiger partial charge is 1.00 e. The molecule has 0 amide bonds. The Morgan fingerprint density at radius 2 is 1.04 bits per heavy atom. The fourth-order valence-electron chi connectivity index (χ4n) is 4.10. The van der Waals surface area contributed by atoms with Crippen molar-refractivity contribution in [2.45, 2.75) is 34.2 Å². The van der Waals surface area contributed by atoms with Crippen LogP contribution in [0.15, 0.2) is 59.7 Å². The van der Waals surface area contributed by atoms with Crippen LogP contribution in [-0.2, 0) is 44.8 Å². The summed E-state index contributed by atoms with van der Waals surface area (Å²) in [6.45, 7) is 10.3. The van der Waals surface area contributed by atoms with E-state index in [9.17, 15) is 0 Å². The first kappa shape index (κ1) is 23.8. The van der Waals surface area contributed by atoms with Gasteiger partial charge in [0.2, 0.25) is 0 Å². The molecule has 0 saturated carbocycles. The number of hydrogen-bond acceptors (Lipinski definition) is 0. The predicted octanol–water partition coefficient (Wildman–Crippen LogP) is 0.178. The van der Waals surface area contributed by atoms with Crippen LogP contribution in [0.4, 0.5) is 0 Å². The second-order valence-electron chi connectivity index (χ2n) is 7.81. The van der Waals surface area contributed by atoms with Crippen LogP contribution < -0.4 is 24.8 Å². The molecule has 138 valence electrons. The van der Waals surface area contributed by atoms with Gasteiger partial charge in [-0.1, -0.05) is 0 Å². The Morgan fingerprint density at radius 3 is 1.44 bits per heavy atom. The number of benzene rings is 2. The van der Waals surface area contributed by atoms with Crippen LogP contribution in [0.1, 0.15) is 43.4 Å². The molecule has 0 bridgehead atoms. The summed E-state index contributed by atoms with van der Waals surface area (Å²) in [5.74, 6) is 0. The van der Waals surface area contributed by atoms with E-state index >= 15 is 0 Å². The Kier molecular flexibility index (Phi) is 8.39. The molecule has 0 radical (unpaired) electrons. The molecule has 27 heavy (non-hydrogen) atoms. The van der Waals surface area contributed by atoms with Crippen LogP contribution >= 0.6 is 0 Å². The maximum Gasteiger partial charge on any atom is -1.00 e. The normalized spacial score (nSPS) is 19.4. The molecule has 0 aromatic heterocycles. The summed E-state index contributed by atoms with van der Waals surface area (Å²) < 4.78 is 0.705. The van der Waals surface area contributed by atoms with Gasteiger partial charge in [-0.2, -0.15) is 0 Å². The summed E-state index contributed by atoms with van der Waals surface area (Å²) in [6.07, 6.45) is 4.93. The van der Waals surface area contributed by atoms with Gasteiger partial charge in [-0.15, -0.1) is 0 Å². The molecule has 0 heterocycles. The van der Waals surface area contributed by atoms with Crippen molar-refractivity contribution in [2.24, 2.45) is 0 Å². The molecule has 5 heteroatoms. The minimum absolute atomic E-state index is 0. The van der Waals surface area contributed by atoms with Crippen LogP contribution in [0.25, 0.3) is 12.2 Å². The third-order valence-corrected chi connectivity index (χ3v) is 38.6. The zero-order valence-electron chi connectivity index (χ0n) is 16.2. The summed E-state index contributed by atoms with van der Waals surface area (Å²) in [4.78, 5) is 0. The van der Waals surface area contributed by atoms with Gasteiger partial charge in [-0.05, 0) is 0 Å². The van der Waals surface area contributed by atoms with Crippen molar-refractivity contribution in [2.75, 3.05) is 0 Å². The molecule has 2 aliphatic rings. The van der Waals surface area contributed by atoms with Crippen molar-refractivity contribution >= 4 is 14.5 Å². The van der Waals surface area contributed by atoms with Gasteiger partial charge in [0, 0.05) is 0 Å². The van der Waals surface area contributed by atoms with E-state index in [1.807, 2.05) is 0 Å². The van der Waals surface area contributed by atoms with Gasteiger partial charge in [-0.25, -0.2) is 0 Å². The fourth-order valence-corrected chi connectivity index (χ4v) is 41.2. The Morgan fingerprint density at radius 1 is 0.667 bits per heavy atom. The second-order valence-corrected chi connectivity index (χ2v) is 46.2. The Labute approximate surface area is 198 Å². The van der Waals surface area contributed by atoms with E-state index < -0.39 is 47.1 Å². The minimum atomic E-state index is -0.996. The molecule has 2 atom stereocenters. The summed E-state index contributed by atoms with van der Waals surface area (Å²) >= 11 is -0.834. The SMILES string of the molecule is CC1=Cc2ccccc2[CH]1[Zr+][Si](C)(C)[Zr+][CH]1C(C)=Cc2ccccc21.[Cl-].[Cl-]. The third-order valence-electron chi connectivity index (χ3n) is 5.30. The molecule has 2 aromatic carbocycles. The summed E-state index contributed by atoms with van der Waals surface area (Å²) in [6, 6.07) is 18.3. The Balaban J connectivity index is 0.00000131. The van der Waals surface area contributed by atoms with Gasteiger partial charge in [0.25, 0.3) is 0 Å². The van der Waals surface area contributed by atoms with Gasteiger partial charge in [0.1, 0.15) is 0 Å². The van der Waals surface area contributed by atoms with E-state index in [4.69, 9.17) is 0 Å². The Hall–Kier alpha value is 0.483. The van der Waals surface area contributed by atoms with Gasteiger partial charge < -0.3 is 24.8 Å². The monoisotopic (exact) mass is 566 g/mol. The number of allylic oxidation sites excluding steroid dienone is 2. The maximum atomic E-state index is 2.74. The van der Waals surface area contributed by atoms with Crippen molar-refractivity contribution in [3.05, 3.63) is 81.9 Å². The molecule has 0 aliphatic heterocycles. The molecule has 0 saturated heterocycles. The van der Waals surface area contributed by atoms with E-state index in [1.165, 1.54) is 11.1 Å². The van der Waals surface area contributed by atoms with Crippen LogP contribution in [0.3, 0.4) is 0 Å². The predicted molar refractivity (Wildman–Crippen MR) is 103 cm³/mol. The topological polar surface area (TPSA) is 0 Å². The number of hydrogen-bond donors (Lipinski definition) is 0. The minimum Gasteiger partial charge on any atom is -1.00 e. The molecule has 0 nitrogen and oxygen atoms in total. The molecule has 2 aromatic rings. The van der Waals surface area contributed by atoms with Crippen molar-refractivity contribution in [3.63, 3.8) is 0 Å². The first-order valence-electron chi connectivity index (χ1n) is 9.04. The molecule has 0 fully saturated rings. The van der Waals surface area contributed by atoms with Gasteiger partial charge in [0.15, 0.2) is 0 Å². The molecule has 2 unspecified atom stereocenters. The first-order valence-corrected chi connectivity index (χ1v) is 22.3. The van der Waals surface area contributed by atoms with E-state index in [-0.39, 0.29) is 24.8 Å². The van der Waals surface area contributed by atoms with Crippen molar-refractivity contribution < 1.29 is 69.6 Å². The zero-order valence-corrected chi connectivity index (χ0v) is 23.6. The smallest absolute Gasteiger partial charge is 1.00 e. The number of halogens is 2. The van der Waals surface area contributed by atoms with Crippen molar-refractivity contribution in [3.8, 4) is 0 Å². The van der Waals surface area contributed by atoms with Crippen LogP contribution in [-0.4, -0.2) is 2.33 Å². The standard InChI is InChI=1S/2C10H9.C2H6Si.2ClH.2Zr/c2*1-8-6-9-4-2-3-5-10(9)7-8;1-3-2;;;;/h2*2-7H,1H3;1-2H3;2*1H;;/q;;;;;2*+1/p-2. The summed E-state index contributed by atoms with van der Waals surface area (Å²) in [5.41, 5.74) is 9.64. The molecular formula is C22H24Cl2SiZr2. The molecule has 0 N–H and O–H groups in total. The van der Waals surface area contributed by atoms with Crippen molar-refractivity contribution in [1.82, 2.24) is 0 Å². The molecular weight excluding hydrogens is 546 g/mol. The van der Waals surface area contributed by atoms with Gasteiger partial charge in [0.05, 0.1) is 0 Å².